The van der Waals surface area contributed by atoms with Crippen LogP contribution in [-0.4, -0.2) is 17.0 Å². The zero-order chi connectivity index (χ0) is 17.5. The first-order valence-corrected chi connectivity index (χ1v) is 8.49. The van der Waals surface area contributed by atoms with Crippen LogP contribution in [0.5, 0.6) is 0 Å². The molecule has 1 N–H and O–H groups in total. The van der Waals surface area contributed by atoms with Crippen LogP contribution in [0.25, 0.3) is 0 Å². The Kier molecular flexibility index (Phi) is 2.32. The van der Waals surface area contributed by atoms with Crippen molar-refractivity contribution in [3.8, 4) is 0 Å². The Morgan fingerprint density at radius 3 is 2.86 bits per heavy atom. The van der Waals surface area contributed by atoms with Crippen molar-refractivity contribution < 1.29 is 14.0 Å². The van der Waals surface area contributed by atoms with E-state index in [0.29, 0.717) is 31.1 Å². The van der Waals surface area contributed by atoms with Crippen LogP contribution in [0.1, 0.15) is 69.3 Å². The summed E-state index contributed by atoms with van der Waals surface area (Å²) in [5, 5.41) is 10.7. The smallest absolute Gasteiger partial charge is 0.155 e. The average Bonchev–Trinajstić information content (AvgIpc) is 2.64. The van der Waals surface area contributed by atoms with Crippen LogP contribution >= 0.6 is 0 Å². The van der Waals surface area contributed by atoms with Crippen LogP contribution in [0.3, 0.4) is 0 Å². The number of carbonyl (C=O) groups is 1. The van der Waals surface area contributed by atoms with Gasteiger partial charge in [0, 0.05) is 9.16 Å². The second-order valence-corrected chi connectivity index (χ2v) is 8.15. The summed E-state index contributed by atoms with van der Waals surface area (Å²) >= 11 is 0. The van der Waals surface area contributed by atoms with Gasteiger partial charge < -0.3 is 5.11 Å². The van der Waals surface area contributed by atoms with Gasteiger partial charge in [-0.1, -0.05) is 19.4 Å². The first-order valence-electron chi connectivity index (χ1n) is 9.99. The van der Waals surface area contributed by atoms with Gasteiger partial charge in [-0.3, -0.25) is 4.79 Å². The molecule has 4 aliphatic carbocycles. The molecule has 6 atom stereocenters. The van der Waals surface area contributed by atoms with E-state index in [1.165, 1.54) is 5.57 Å². The fourth-order valence-electron chi connectivity index (χ4n) is 5.96. The van der Waals surface area contributed by atoms with E-state index in [1.807, 2.05) is 13.0 Å². The van der Waals surface area contributed by atoms with Gasteiger partial charge >= 0.3 is 0 Å². The van der Waals surface area contributed by atoms with Gasteiger partial charge in [-0.15, -0.1) is 0 Å². The summed E-state index contributed by atoms with van der Waals surface area (Å²) in [6.45, 7) is 4.23. The Morgan fingerprint density at radius 2 is 2.05 bits per heavy atom. The van der Waals surface area contributed by atoms with Crippen LogP contribution < -0.4 is 0 Å². The minimum Gasteiger partial charge on any atom is -0.393 e. The zero-order valence-electron chi connectivity index (χ0n) is 16.1. The van der Waals surface area contributed by atoms with Gasteiger partial charge in [-0.05, 0) is 79.6 Å². The van der Waals surface area contributed by atoms with Crippen LogP contribution in [0, 0.1) is 28.6 Å². The van der Waals surface area contributed by atoms with Crippen molar-refractivity contribution in [3.05, 3.63) is 11.6 Å². The van der Waals surface area contributed by atoms with E-state index in [0.717, 1.165) is 25.7 Å². The average molecular weight is 291 g/mol. The highest BCUT2D eigenvalue weighted by Crippen LogP contribution is 2.65. The van der Waals surface area contributed by atoms with E-state index in [1.54, 1.807) is 0 Å². The molecule has 0 bridgehead atoms. The highest BCUT2D eigenvalue weighted by molar-refractivity contribution is 5.91. The van der Waals surface area contributed by atoms with E-state index in [-0.39, 0.29) is 17.1 Å². The van der Waals surface area contributed by atoms with Gasteiger partial charge in [0.2, 0.25) is 0 Å². The molecule has 0 amide bonds. The van der Waals surface area contributed by atoms with Crippen molar-refractivity contribution in [3.63, 3.8) is 0 Å². The van der Waals surface area contributed by atoms with Gasteiger partial charge in [0.05, 0.1) is 7.45 Å². The molecule has 116 valence electrons. The summed E-state index contributed by atoms with van der Waals surface area (Å²) in [4.78, 5) is 11.8. The number of ketones is 1. The summed E-state index contributed by atoms with van der Waals surface area (Å²) in [5.41, 5.74) is 0.679. The molecule has 2 nitrogen and oxygen atoms in total. The molecular formula is C19H28O2. The third-order valence-electron chi connectivity index (χ3n) is 7.38. The summed E-state index contributed by atoms with van der Waals surface area (Å²) in [6.07, 6.45) is 3.35. The van der Waals surface area contributed by atoms with Crippen molar-refractivity contribution in [2.24, 2.45) is 28.6 Å². The lowest BCUT2D eigenvalue weighted by atomic mass is 9.47. The first kappa shape index (κ1) is 11.0. The molecule has 0 radical (unpaired) electrons. The molecule has 0 aromatic rings. The van der Waals surface area contributed by atoms with Crippen LogP contribution in [0.4, 0.5) is 0 Å². The van der Waals surface area contributed by atoms with Gasteiger partial charge in [0.15, 0.2) is 5.78 Å². The van der Waals surface area contributed by atoms with E-state index in [2.05, 4.69) is 6.92 Å². The molecule has 0 aromatic heterocycles. The van der Waals surface area contributed by atoms with E-state index in [4.69, 9.17) is 4.11 Å². The third kappa shape index (κ3) is 1.78. The predicted molar refractivity (Wildman–Crippen MR) is 82.7 cm³/mol. The standard InChI is InChI=1S/C19H28O2/c1-18-9-7-13(20)11-12(18)3-4-14-15-5-6-17(21)19(15,2)10-8-16(14)18/h11,14-17,21H,3-10H2,1-2H3/i6D2,17D. The number of aliphatic hydroxyl groups is 1. The lowest BCUT2D eigenvalue weighted by Crippen LogP contribution is -2.51. The molecule has 3 fully saturated rings. The largest absolute Gasteiger partial charge is 0.393 e. The molecule has 0 saturated heterocycles. The number of allylic oxidation sites excluding steroid dienone is 1. The molecule has 0 aromatic carbocycles. The fourth-order valence-corrected chi connectivity index (χ4v) is 5.96. The van der Waals surface area contributed by atoms with Gasteiger partial charge in [0.1, 0.15) is 0 Å². The third-order valence-corrected chi connectivity index (χ3v) is 7.38. The second-order valence-electron chi connectivity index (χ2n) is 8.15. The zero-order valence-corrected chi connectivity index (χ0v) is 13.1. The molecule has 21 heavy (non-hydrogen) atoms. The Labute approximate surface area is 132 Å². The predicted octanol–water partition coefficient (Wildman–Crippen LogP) is 3.88. The minimum absolute atomic E-state index is 0.0492. The van der Waals surface area contributed by atoms with Crippen molar-refractivity contribution in [2.75, 3.05) is 0 Å². The van der Waals surface area contributed by atoms with E-state index in [9.17, 15) is 9.90 Å². The maximum absolute atomic E-state index is 11.8. The summed E-state index contributed by atoms with van der Waals surface area (Å²) in [5.74, 6) is 1.12. The van der Waals surface area contributed by atoms with Crippen molar-refractivity contribution >= 4 is 5.78 Å². The summed E-state index contributed by atoms with van der Waals surface area (Å²) in [6, 6.07) is 0. The molecule has 6 unspecified atom stereocenters. The molecule has 4 rings (SSSR count). The Balaban J connectivity index is 1.73. The Hall–Kier alpha value is -0.630. The van der Waals surface area contributed by atoms with Gasteiger partial charge in [-0.2, -0.15) is 0 Å². The second kappa shape index (κ2) is 4.44. The Bertz CT molecular complexity index is 626. The van der Waals surface area contributed by atoms with Crippen molar-refractivity contribution in [2.45, 2.75) is 71.2 Å². The topological polar surface area (TPSA) is 37.3 Å². The fraction of sp³-hybridized carbons (Fsp3) is 0.842. The lowest BCUT2D eigenvalue weighted by molar-refractivity contribution is -0.118. The van der Waals surface area contributed by atoms with Gasteiger partial charge in [0.25, 0.3) is 0 Å². The minimum atomic E-state index is -2.00. The number of hydrogen-bond acceptors (Lipinski definition) is 2. The number of carbonyl (C=O) groups excluding carboxylic acids is 1. The van der Waals surface area contributed by atoms with E-state index >= 15 is 0 Å². The maximum atomic E-state index is 11.8. The highest BCUT2D eigenvalue weighted by Gasteiger charge is 2.58. The molecule has 2 heteroatoms. The number of fused-ring (bicyclic) bond motifs is 5. The van der Waals surface area contributed by atoms with Crippen LogP contribution in [-0.2, 0) is 4.79 Å². The lowest BCUT2D eigenvalue weighted by Gasteiger charge is -2.57. The monoisotopic (exact) mass is 291 g/mol. The quantitative estimate of drug-likeness (QED) is 0.735. The van der Waals surface area contributed by atoms with Crippen LogP contribution in [0.15, 0.2) is 11.6 Å². The maximum Gasteiger partial charge on any atom is 0.155 e. The SMILES string of the molecule is [2H]C1([2H])CC2C3CCC4=CC(=O)CCC4(C)C3CCC2(C)C1([2H])O. The molecule has 0 aliphatic heterocycles. The van der Waals surface area contributed by atoms with Crippen molar-refractivity contribution in [1.29, 1.82) is 0 Å². The van der Waals surface area contributed by atoms with Gasteiger partial charge in [-0.25, -0.2) is 0 Å². The molecule has 4 aliphatic rings. The summed E-state index contributed by atoms with van der Waals surface area (Å²) in [7, 11) is 0. The van der Waals surface area contributed by atoms with Crippen LogP contribution in [0.2, 0.25) is 0 Å². The Morgan fingerprint density at radius 1 is 1.24 bits per heavy atom. The highest BCUT2D eigenvalue weighted by atomic mass is 16.3. The summed E-state index contributed by atoms with van der Waals surface area (Å²) < 4.78 is 24.9. The molecule has 0 heterocycles. The molecular weight excluding hydrogens is 260 g/mol. The van der Waals surface area contributed by atoms with Crippen molar-refractivity contribution in [1.82, 2.24) is 0 Å². The van der Waals surface area contributed by atoms with E-state index < -0.39 is 17.9 Å². The molecule has 0 spiro atoms. The first-order chi connectivity index (χ1) is 11.0. The number of hydrogen-bond donors (Lipinski definition) is 1. The number of rotatable bonds is 0. The normalized spacial score (nSPS) is 60.7. The molecule has 3 saturated carbocycles.